The summed E-state index contributed by atoms with van der Waals surface area (Å²) in [6.07, 6.45) is 5.02. The van der Waals surface area contributed by atoms with E-state index in [0.29, 0.717) is 18.8 Å². The van der Waals surface area contributed by atoms with Gasteiger partial charge in [-0.1, -0.05) is 25.5 Å². The maximum absolute atomic E-state index is 11.6. The average molecular weight is 280 g/mol. The fraction of sp³-hybridized carbons (Fsp3) is 0.750. The van der Waals surface area contributed by atoms with Gasteiger partial charge in [-0.25, -0.2) is 0 Å². The second-order valence-electron chi connectivity index (χ2n) is 6.21. The second-order valence-corrected chi connectivity index (χ2v) is 6.21. The Morgan fingerprint density at radius 2 is 1.85 bits per heavy atom. The van der Waals surface area contributed by atoms with Crippen molar-refractivity contribution in [1.82, 2.24) is 10.6 Å². The zero-order valence-corrected chi connectivity index (χ0v) is 13.4. The van der Waals surface area contributed by atoms with Gasteiger partial charge in [-0.2, -0.15) is 0 Å². The van der Waals surface area contributed by atoms with Crippen LogP contribution >= 0.6 is 0 Å². The Balaban J connectivity index is 2.74. The summed E-state index contributed by atoms with van der Waals surface area (Å²) in [5, 5.41) is 6.17. The molecule has 2 N–H and O–H groups in total. The van der Waals surface area contributed by atoms with Crippen LogP contribution in [0, 0.1) is 5.92 Å². The summed E-state index contributed by atoms with van der Waals surface area (Å²) in [5.74, 6) is 0.498. The highest BCUT2D eigenvalue weighted by Gasteiger charge is 2.34. The third kappa shape index (κ3) is 4.36. The minimum absolute atomic E-state index is 0.0791. The molecule has 20 heavy (non-hydrogen) atoms. The zero-order chi connectivity index (χ0) is 15.3. The summed E-state index contributed by atoms with van der Waals surface area (Å²) in [6.45, 7) is 9.92. The maximum Gasteiger partial charge on any atom is 0.220 e. The van der Waals surface area contributed by atoms with Crippen LogP contribution < -0.4 is 10.6 Å². The molecule has 0 aromatic rings. The number of amides is 2. The third-order valence-electron chi connectivity index (χ3n) is 4.25. The number of rotatable bonds is 5. The van der Waals surface area contributed by atoms with Crippen molar-refractivity contribution in [1.29, 1.82) is 0 Å². The second kappa shape index (κ2) is 6.91. The molecule has 1 rings (SSSR count). The van der Waals surface area contributed by atoms with Crippen LogP contribution in [0.25, 0.3) is 0 Å². The van der Waals surface area contributed by atoms with Gasteiger partial charge >= 0.3 is 0 Å². The number of carbonyl (C=O) groups excluding carboxylic acids is 2. The Bertz CT molecular complexity index is 399. The van der Waals surface area contributed by atoms with Crippen LogP contribution in [0.15, 0.2) is 11.6 Å². The first-order chi connectivity index (χ1) is 9.30. The molecule has 0 fully saturated rings. The molecule has 0 aromatic heterocycles. The van der Waals surface area contributed by atoms with E-state index in [4.69, 9.17) is 0 Å². The smallest absolute Gasteiger partial charge is 0.220 e. The van der Waals surface area contributed by atoms with Gasteiger partial charge in [0, 0.05) is 18.4 Å². The SMILES string of the molecule is CCC(=O)N[C@@H]1C[C@@H](C(C)(C)NC(=O)CC)CC=C1C. The Hall–Kier alpha value is -1.32. The number of nitrogens with one attached hydrogen (secondary N) is 2. The van der Waals surface area contributed by atoms with Gasteiger partial charge in [-0.05, 0) is 39.5 Å². The monoisotopic (exact) mass is 280 g/mol. The molecule has 0 aromatic carbocycles. The molecular formula is C16H28N2O2. The Labute approximate surface area is 122 Å². The number of hydrogen-bond donors (Lipinski definition) is 2. The fourth-order valence-electron chi connectivity index (χ4n) is 2.65. The van der Waals surface area contributed by atoms with E-state index in [1.54, 1.807) is 0 Å². The molecule has 2 amide bonds. The van der Waals surface area contributed by atoms with E-state index in [1.165, 1.54) is 5.57 Å². The summed E-state index contributed by atoms with van der Waals surface area (Å²) >= 11 is 0. The van der Waals surface area contributed by atoms with E-state index in [9.17, 15) is 9.59 Å². The molecule has 0 bridgehead atoms. The molecule has 4 nitrogen and oxygen atoms in total. The minimum atomic E-state index is -0.251. The Morgan fingerprint density at radius 1 is 1.25 bits per heavy atom. The highest BCUT2D eigenvalue weighted by Crippen LogP contribution is 2.32. The van der Waals surface area contributed by atoms with Crippen molar-refractivity contribution in [3.8, 4) is 0 Å². The van der Waals surface area contributed by atoms with E-state index in [-0.39, 0.29) is 23.4 Å². The lowest BCUT2D eigenvalue weighted by Crippen LogP contribution is -2.52. The average Bonchev–Trinajstić information content (AvgIpc) is 2.40. The molecule has 0 saturated heterocycles. The van der Waals surface area contributed by atoms with Gasteiger partial charge in [-0.15, -0.1) is 0 Å². The van der Waals surface area contributed by atoms with Crippen LogP contribution in [0.1, 0.15) is 60.3 Å². The summed E-state index contributed by atoms with van der Waals surface area (Å²) in [5.41, 5.74) is 0.972. The largest absolute Gasteiger partial charge is 0.351 e. The number of allylic oxidation sites excluding steroid dienone is 1. The lowest BCUT2D eigenvalue weighted by atomic mass is 9.75. The summed E-state index contributed by atoms with van der Waals surface area (Å²) < 4.78 is 0. The van der Waals surface area contributed by atoms with E-state index in [0.717, 1.165) is 12.8 Å². The van der Waals surface area contributed by atoms with E-state index >= 15 is 0 Å². The van der Waals surface area contributed by atoms with E-state index in [2.05, 4.69) is 37.5 Å². The van der Waals surface area contributed by atoms with Crippen molar-refractivity contribution in [2.24, 2.45) is 5.92 Å². The molecule has 4 heteroatoms. The van der Waals surface area contributed by atoms with Crippen molar-refractivity contribution >= 4 is 11.8 Å². The van der Waals surface area contributed by atoms with Crippen molar-refractivity contribution in [3.05, 3.63) is 11.6 Å². The van der Waals surface area contributed by atoms with Crippen molar-refractivity contribution in [2.75, 3.05) is 0 Å². The summed E-state index contributed by atoms with van der Waals surface area (Å²) in [4.78, 5) is 23.2. The van der Waals surface area contributed by atoms with Crippen molar-refractivity contribution in [3.63, 3.8) is 0 Å². The van der Waals surface area contributed by atoms with Crippen molar-refractivity contribution in [2.45, 2.75) is 71.9 Å². The predicted molar refractivity (Wildman–Crippen MR) is 81.2 cm³/mol. The third-order valence-corrected chi connectivity index (χ3v) is 4.25. The molecule has 0 heterocycles. The van der Waals surface area contributed by atoms with Crippen LogP contribution in [0.5, 0.6) is 0 Å². The topological polar surface area (TPSA) is 58.2 Å². The quantitative estimate of drug-likeness (QED) is 0.760. The first-order valence-corrected chi connectivity index (χ1v) is 7.57. The fourth-order valence-corrected chi connectivity index (χ4v) is 2.65. The molecule has 114 valence electrons. The van der Waals surface area contributed by atoms with Crippen LogP contribution in [-0.4, -0.2) is 23.4 Å². The highest BCUT2D eigenvalue weighted by atomic mass is 16.2. The van der Waals surface area contributed by atoms with Crippen LogP contribution in [0.3, 0.4) is 0 Å². The van der Waals surface area contributed by atoms with Gasteiger partial charge < -0.3 is 10.6 Å². The first kappa shape index (κ1) is 16.7. The molecule has 0 radical (unpaired) electrons. The number of carbonyl (C=O) groups is 2. The zero-order valence-electron chi connectivity index (χ0n) is 13.4. The van der Waals surface area contributed by atoms with Gasteiger partial charge in [0.25, 0.3) is 0 Å². The van der Waals surface area contributed by atoms with Gasteiger partial charge in [-0.3, -0.25) is 9.59 Å². The van der Waals surface area contributed by atoms with Crippen LogP contribution in [-0.2, 0) is 9.59 Å². The molecule has 1 aliphatic rings. The first-order valence-electron chi connectivity index (χ1n) is 7.57. The summed E-state index contributed by atoms with van der Waals surface area (Å²) in [6, 6.07) is 0.0963. The molecule has 0 aliphatic heterocycles. The molecular weight excluding hydrogens is 252 g/mol. The predicted octanol–water partition coefficient (Wildman–Crippen LogP) is 2.54. The van der Waals surface area contributed by atoms with Gasteiger partial charge in [0.15, 0.2) is 0 Å². The van der Waals surface area contributed by atoms with Crippen LogP contribution in [0.2, 0.25) is 0 Å². The molecule has 1 aliphatic carbocycles. The molecule has 2 atom stereocenters. The Morgan fingerprint density at radius 3 is 2.40 bits per heavy atom. The minimum Gasteiger partial charge on any atom is -0.351 e. The van der Waals surface area contributed by atoms with E-state index < -0.39 is 0 Å². The van der Waals surface area contributed by atoms with Gasteiger partial charge in [0.2, 0.25) is 11.8 Å². The normalized spacial score (nSPS) is 22.9. The molecule has 0 spiro atoms. The lowest BCUT2D eigenvalue weighted by Gasteiger charge is -2.40. The van der Waals surface area contributed by atoms with Crippen LogP contribution in [0.4, 0.5) is 0 Å². The Kier molecular flexibility index (Phi) is 5.78. The molecule has 0 saturated carbocycles. The standard InChI is InChI=1S/C16H28N2O2/c1-6-14(19)17-13-10-12(9-8-11(13)3)16(4,5)18-15(20)7-2/h8,12-13H,6-7,9-10H2,1-5H3,(H,17,19)(H,18,20)/t12-,13+/m0/s1. The lowest BCUT2D eigenvalue weighted by molar-refractivity contribution is -0.124. The van der Waals surface area contributed by atoms with E-state index in [1.807, 2.05) is 13.8 Å². The van der Waals surface area contributed by atoms with Crippen molar-refractivity contribution < 1.29 is 9.59 Å². The van der Waals surface area contributed by atoms with Gasteiger partial charge in [0.05, 0.1) is 6.04 Å². The maximum atomic E-state index is 11.6. The summed E-state index contributed by atoms with van der Waals surface area (Å²) in [7, 11) is 0. The number of hydrogen-bond acceptors (Lipinski definition) is 2. The van der Waals surface area contributed by atoms with Gasteiger partial charge in [0.1, 0.15) is 0 Å². The highest BCUT2D eigenvalue weighted by molar-refractivity contribution is 5.77. The molecule has 0 unspecified atom stereocenters.